The van der Waals surface area contributed by atoms with Crippen molar-refractivity contribution >= 4 is 5.82 Å². The van der Waals surface area contributed by atoms with Crippen molar-refractivity contribution in [2.24, 2.45) is 11.8 Å². The van der Waals surface area contributed by atoms with E-state index >= 15 is 0 Å². The van der Waals surface area contributed by atoms with Crippen LogP contribution < -0.4 is 10.2 Å². The summed E-state index contributed by atoms with van der Waals surface area (Å²) in [6.07, 6.45) is 2.58. The number of anilines is 1. The molecule has 0 bridgehead atoms. The molecule has 3 nitrogen and oxygen atoms in total. The van der Waals surface area contributed by atoms with Gasteiger partial charge in [-0.1, -0.05) is 20.8 Å². The summed E-state index contributed by atoms with van der Waals surface area (Å²) in [5.74, 6) is 2.72. The number of rotatable bonds is 5. The third kappa shape index (κ3) is 4.48. The highest BCUT2D eigenvalue weighted by atomic mass is 15.2. The summed E-state index contributed by atoms with van der Waals surface area (Å²) in [4.78, 5) is 7.17. The molecule has 1 aliphatic rings. The minimum Gasteiger partial charge on any atom is -0.357 e. The maximum atomic E-state index is 4.72. The zero-order valence-corrected chi connectivity index (χ0v) is 13.4. The third-order valence-electron chi connectivity index (χ3n) is 3.99. The molecule has 2 heterocycles. The maximum absolute atomic E-state index is 4.72. The lowest BCUT2D eigenvalue weighted by atomic mass is 9.99. The molecule has 0 unspecified atom stereocenters. The van der Waals surface area contributed by atoms with Gasteiger partial charge in [0, 0.05) is 25.3 Å². The average molecular weight is 275 g/mol. The third-order valence-corrected chi connectivity index (χ3v) is 3.99. The first-order valence-electron chi connectivity index (χ1n) is 7.98. The molecular weight excluding hydrogens is 246 g/mol. The number of hydrogen-bond acceptors (Lipinski definition) is 3. The number of piperidine rings is 1. The number of aromatic nitrogens is 1. The van der Waals surface area contributed by atoms with Crippen molar-refractivity contribution < 1.29 is 0 Å². The number of nitrogens with zero attached hydrogens (tertiary/aromatic N) is 2. The fourth-order valence-corrected chi connectivity index (χ4v) is 2.73. The van der Waals surface area contributed by atoms with Crippen LogP contribution in [0.15, 0.2) is 12.1 Å². The van der Waals surface area contributed by atoms with Crippen LogP contribution in [0.3, 0.4) is 0 Å². The van der Waals surface area contributed by atoms with Gasteiger partial charge in [0.25, 0.3) is 0 Å². The van der Waals surface area contributed by atoms with Gasteiger partial charge in [0.1, 0.15) is 5.82 Å². The van der Waals surface area contributed by atoms with Gasteiger partial charge in [-0.25, -0.2) is 4.98 Å². The molecule has 1 aliphatic heterocycles. The molecule has 112 valence electrons. The highest BCUT2D eigenvalue weighted by Crippen LogP contribution is 2.22. The Morgan fingerprint density at radius 3 is 2.65 bits per heavy atom. The number of hydrogen-bond donors (Lipinski definition) is 1. The van der Waals surface area contributed by atoms with Gasteiger partial charge >= 0.3 is 0 Å². The Kier molecular flexibility index (Phi) is 5.41. The highest BCUT2D eigenvalue weighted by Gasteiger charge is 2.17. The minimum atomic E-state index is 0.695. The largest absolute Gasteiger partial charge is 0.357 e. The summed E-state index contributed by atoms with van der Waals surface area (Å²) in [5, 5.41) is 3.52. The van der Waals surface area contributed by atoms with Crippen LogP contribution in [0, 0.1) is 18.8 Å². The SMILES string of the molecule is Cc1cc(CNCC(C)C)cc(N2CCC(C)CC2)n1. The van der Waals surface area contributed by atoms with Crippen molar-refractivity contribution in [3.8, 4) is 0 Å². The quantitative estimate of drug-likeness (QED) is 0.893. The predicted molar refractivity (Wildman–Crippen MR) is 86.1 cm³/mol. The first-order valence-corrected chi connectivity index (χ1v) is 7.98. The van der Waals surface area contributed by atoms with Crippen LogP contribution in [0.25, 0.3) is 0 Å². The maximum Gasteiger partial charge on any atom is 0.129 e. The molecule has 0 amide bonds. The fraction of sp³-hybridized carbons (Fsp3) is 0.706. The van der Waals surface area contributed by atoms with Crippen LogP contribution in [-0.2, 0) is 6.54 Å². The summed E-state index contributed by atoms with van der Waals surface area (Å²) >= 11 is 0. The molecule has 0 spiro atoms. The molecule has 1 saturated heterocycles. The lowest BCUT2D eigenvalue weighted by molar-refractivity contribution is 0.436. The van der Waals surface area contributed by atoms with Crippen LogP contribution in [0.5, 0.6) is 0 Å². The van der Waals surface area contributed by atoms with Gasteiger partial charge in [-0.05, 0) is 55.8 Å². The molecule has 0 radical (unpaired) electrons. The zero-order chi connectivity index (χ0) is 14.5. The summed E-state index contributed by atoms with van der Waals surface area (Å²) in [5.41, 5.74) is 2.48. The second kappa shape index (κ2) is 7.07. The van der Waals surface area contributed by atoms with Gasteiger partial charge in [-0.3, -0.25) is 0 Å². The van der Waals surface area contributed by atoms with E-state index in [9.17, 15) is 0 Å². The predicted octanol–water partition coefficient (Wildman–Crippen LogP) is 3.37. The molecule has 3 heteroatoms. The molecule has 1 fully saturated rings. The van der Waals surface area contributed by atoms with Gasteiger partial charge < -0.3 is 10.2 Å². The van der Waals surface area contributed by atoms with Gasteiger partial charge in [0.2, 0.25) is 0 Å². The number of pyridine rings is 1. The van der Waals surface area contributed by atoms with Crippen LogP contribution >= 0.6 is 0 Å². The Morgan fingerprint density at radius 1 is 1.30 bits per heavy atom. The smallest absolute Gasteiger partial charge is 0.129 e. The van der Waals surface area contributed by atoms with Gasteiger partial charge in [0.15, 0.2) is 0 Å². The first kappa shape index (κ1) is 15.3. The molecule has 0 atom stereocenters. The molecule has 0 saturated carbocycles. The zero-order valence-electron chi connectivity index (χ0n) is 13.4. The Balaban J connectivity index is 2.00. The molecule has 1 N–H and O–H groups in total. The second-order valence-electron chi connectivity index (χ2n) is 6.67. The number of aryl methyl sites for hydroxylation is 1. The molecular formula is C17H29N3. The lowest BCUT2D eigenvalue weighted by Gasteiger charge is -2.31. The van der Waals surface area contributed by atoms with Crippen molar-refractivity contribution in [2.75, 3.05) is 24.5 Å². The molecule has 2 rings (SSSR count). The van der Waals surface area contributed by atoms with E-state index < -0.39 is 0 Å². The Labute approximate surface area is 123 Å². The Morgan fingerprint density at radius 2 is 2.00 bits per heavy atom. The normalized spacial score (nSPS) is 16.9. The van der Waals surface area contributed by atoms with Crippen molar-refractivity contribution in [1.82, 2.24) is 10.3 Å². The molecule has 1 aromatic rings. The molecule has 1 aromatic heterocycles. The van der Waals surface area contributed by atoms with Gasteiger partial charge in [-0.15, -0.1) is 0 Å². The van der Waals surface area contributed by atoms with Crippen molar-refractivity contribution in [1.29, 1.82) is 0 Å². The lowest BCUT2D eigenvalue weighted by Crippen LogP contribution is -2.33. The second-order valence-corrected chi connectivity index (χ2v) is 6.67. The molecule has 20 heavy (non-hydrogen) atoms. The van der Waals surface area contributed by atoms with E-state index in [0.29, 0.717) is 5.92 Å². The van der Waals surface area contributed by atoms with E-state index in [-0.39, 0.29) is 0 Å². The molecule has 0 aliphatic carbocycles. The van der Waals surface area contributed by atoms with Crippen molar-refractivity contribution in [3.63, 3.8) is 0 Å². The topological polar surface area (TPSA) is 28.2 Å². The van der Waals surface area contributed by atoms with E-state index in [4.69, 9.17) is 4.98 Å². The van der Waals surface area contributed by atoms with E-state index in [1.807, 2.05) is 0 Å². The Bertz CT molecular complexity index is 420. The van der Waals surface area contributed by atoms with Gasteiger partial charge in [-0.2, -0.15) is 0 Å². The van der Waals surface area contributed by atoms with Crippen molar-refractivity contribution in [2.45, 2.75) is 47.1 Å². The highest BCUT2D eigenvalue weighted by molar-refractivity contribution is 5.43. The summed E-state index contributed by atoms with van der Waals surface area (Å²) < 4.78 is 0. The summed E-state index contributed by atoms with van der Waals surface area (Å²) in [6, 6.07) is 4.46. The summed E-state index contributed by atoms with van der Waals surface area (Å²) in [7, 11) is 0. The first-order chi connectivity index (χ1) is 9.54. The van der Waals surface area contributed by atoms with Crippen LogP contribution in [0.1, 0.15) is 44.9 Å². The fourth-order valence-electron chi connectivity index (χ4n) is 2.73. The standard InChI is InChI=1S/C17H29N3/c1-13(2)11-18-12-16-9-15(4)19-17(10-16)20-7-5-14(3)6-8-20/h9-10,13-14,18H,5-8,11-12H2,1-4H3. The number of nitrogens with one attached hydrogen (secondary N) is 1. The monoisotopic (exact) mass is 275 g/mol. The van der Waals surface area contributed by atoms with E-state index in [1.54, 1.807) is 0 Å². The van der Waals surface area contributed by atoms with Crippen LogP contribution in [0.2, 0.25) is 0 Å². The van der Waals surface area contributed by atoms with Crippen LogP contribution in [-0.4, -0.2) is 24.6 Å². The summed E-state index contributed by atoms with van der Waals surface area (Å²) in [6.45, 7) is 13.2. The van der Waals surface area contributed by atoms with E-state index in [1.165, 1.54) is 24.2 Å². The van der Waals surface area contributed by atoms with E-state index in [0.717, 1.165) is 37.8 Å². The van der Waals surface area contributed by atoms with Gasteiger partial charge in [0.05, 0.1) is 0 Å². The molecule has 0 aromatic carbocycles. The average Bonchev–Trinajstić information content (AvgIpc) is 2.38. The minimum absolute atomic E-state index is 0.695. The Hall–Kier alpha value is -1.09. The van der Waals surface area contributed by atoms with E-state index in [2.05, 4.69) is 50.0 Å². The van der Waals surface area contributed by atoms with Crippen LogP contribution in [0.4, 0.5) is 5.82 Å². The van der Waals surface area contributed by atoms with Crippen molar-refractivity contribution in [3.05, 3.63) is 23.4 Å².